The van der Waals surface area contributed by atoms with Crippen LogP contribution in [0.1, 0.15) is 30.5 Å². The van der Waals surface area contributed by atoms with E-state index in [0.29, 0.717) is 18.2 Å². The van der Waals surface area contributed by atoms with Crippen LogP contribution in [0, 0.1) is 19.8 Å². The number of carbonyl (C=O) groups excluding carboxylic acids is 1. The van der Waals surface area contributed by atoms with Gasteiger partial charge in [-0.1, -0.05) is 38.1 Å². The van der Waals surface area contributed by atoms with Crippen molar-refractivity contribution in [1.82, 2.24) is 0 Å². The van der Waals surface area contributed by atoms with Crippen molar-refractivity contribution < 1.29 is 4.79 Å². The molecule has 0 aliphatic carbocycles. The number of benzene rings is 2. The summed E-state index contributed by atoms with van der Waals surface area (Å²) in [5.74, 6) is 0.409. The molecule has 1 aliphatic heterocycles. The van der Waals surface area contributed by atoms with E-state index in [1.807, 2.05) is 55.1 Å². The minimum atomic E-state index is -0.000871. The van der Waals surface area contributed by atoms with E-state index in [9.17, 15) is 4.79 Å². The molecule has 0 atom stereocenters. The first-order valence-corrected chi connectivity index (χ1v) is 8.04. The number of aliphatic imine (C=N–C) groups is 1. The summed E-state index contributed by atoms with van der Waals surface area (Å²) >= 11 is 0. The highest BCUT2D eigenvalue weighted by Gasteiger charge is 2.33. The van der Waals surface area contributed by atoms with E-state index < -0.39 is 0 Å². The van der Waals surface area contributed by atoms with Gasteiger partial charge in [0.15, 0.2) is 0 Å². The Kier molecular flexibility index (Phi) is 4.03. The maximum absolute atomic E-state index is 12.9. The van der Waals surface area contributed by atoms with Crippen LogP contribution in [0.15, 0.2) is 47.5 Å². The molecule has 0 unspecified atom stereocenters. The van der Waals surface area contributed by atoms with Gasteiger partial charge in [0, 0.05) is 12.1 Å². The van der Waals surface area contributed by atoms with Crippen LogP contribution in [0.2, 0.25) is 0 Å². The van der Waals surface area contributed by atoms with Crippen LogP contribution < -0.4 is 4.90 Å². The Bertz CT molecular complexity index is 770. The quantitative estimate of drug-likeness (QED) is 0.826. The number of anilines is 1. The molecule has 3 heteroatoms. The van der Waals surface area contributed by atoms with E-state index in [4.69, 9.17) is 0 Å². The lowest BCUT2D eigenvalue weighted by atomic mass is 10.1. The third-order valence-electron chi connectivity index (χ3n) is 3.89. The molecule has 0 fully saturated rings. The zero-order valence-electron chi connectivity index (χ0n) is 14.1. The molecule has 0 radical (unpaired) electrons. The summed E-state index contributed by atoms with van der Waals surface area (Å²) in [6, 6.07) is 14.1. The van der Waals surface area contributed by atoms with Crippen molar-refractivity contribution in [3.8, 4) is 0 Å². The van der Waals surface area contributed by atoms with Gasteiger partial charge in [-0.3, -0.25) is 4.79 Å². The van der Waals surface area contributed by atoms with E-state index in [2.05, 4.69) is 24.9 Å². The van der Waals surface area contributed by atoms with Crippen molar-refractivity contribution in [3.63, 3.8) is 0 Å². The molecule has 3 nitrogen and oxygen atoms in total. The van der Waals surface area contributed by atoms with Crippen LogP contribution in [0.25, 0.3) is 0 Å². The van der Waals surface area contributed by atoms with Crippen LogP contribution in [-0.2, 0) is 4.79 Å². The highest BCUT2D eigenvalue weighted by Crippen LogP contribution is 2.31. The molecule has 1 aliphatic rings. The van der Waals surface area contributed by atoms with Crippen LogP contribution >= 0.6 is 0 Å². The van der Waals surface area contributed by atoms with Crippen molar-refractivity contribution in [2.45, 2.75) is 27.7 Å². The number of fused-ring (bicyclic) bond motifs is 1. The lowest BCUT2D eigenvalue weighted by Gasteiger charge is -2.18. The van der Waals surface area contributed by atoms with Gasteiger partial charge in [-0.15, -0.1) is 0 Å². The molecule has 23 heavy (non-hydrogen) atoms. The van der Waals surface area contributed by atoms with Gasteiger partial charge in [0.25, 0.3) is 5.91 Å². The Balaban J connectivity index is 2.09. The second-order valence-corrected chi connectivity index (χ2v) is 6.63. The van der Waals surface area contributed by atoms with Crippen molar-refractivity contribution in [2.24, 2.45) is 10.9 Å². The molecule has 1 amide bonds. The molecule has 3 rings (SSSR count). The van der Waals surface area contributed by atoms with E-state index in [1.54, 1.807) is 0 Å². The standard InChI is InChI=1S/C20H22N2O/c1-13(2)12-22-18-8-6-5-7-17(18)19(20(22)23)21-16-10-14(3)9-15(4)11-16/h5-11,13H,12H2,1-4H3. The number of hydrogen-bond donors (Lipinski definition) is 0. The number of amides is 1. The number of rotatable bonds is 3. The molecule has 0 saturated carbocycles. The lowest BCUT2D eigenvalue weighted by molar-refractivity contribution is -0.112. The number of nitrogens with zero attached hydrogens (tertiary/aromatic N) is 2. The maximum atomic E-state index is 12.9. The first kappa shape index (κ1) is 15.5. The average molecular weight is 306 g/mol. The average Bonchev–Trinajstić information content (AvgIpc) is 2.72. The fraction of sp³-hybridized carbons (Fsp3) is 0.300. The lowest BCUT2D eigenvalue weighted by Crippen LogP contribution is -2.33. The second kappa shape index (κ2) is 5.99. The molecule has 1 heterocycles. The smallest absolute Gasteiger partial charge is 0.277 e. The highest BCUT2D eigenvalue weighted by atomic mass is 16.2. The molecular formula is C20H22N2O. The summed E-state index contributed by atoms with van der Waals surface area (Å²) < 4.78 is 0. The topological polar surface area (TPSA) is 32.7 Å². The largest absolute Gasteiger partial charge is 0.306 e. The third kappa shape index (κ3) is 3.04. The van der Waals surface area contributed by atoms with Gasteiger partial charge in [0.1, 0.15) is 5.71 Å². The van der Waals surface area contributed by atoms with Gasteiger partial charge in [-0.2, -0.15) is 0 Å². The molecule has 0 bridgehead atoms. The first-order valence-electron chi connectivity index (χ1n) is 8.04. The van der Waals surface area contributed by atoms with Gasteiger partial charge in [0.2, 0.25) is 0 Å². The molecule has 2 aromatic rings. The summed E-state index contributed by atoms with van der Waals surface area (Å²) in [6.07, 6.45) is 0. The minimum Gasteiger partial charge on any atom is -0.306 e. The molecule has 0 saturated heterocycles. The summed E-state index contributed by atoms with van der Waals surface area (Å²) in [5.41, 5.74) is 5.59. The van der Waals surface area contributed by atoms with Gasteiger partial charge in [0.05, 0.1) is 11.4 Å². The minimum absolute atomic E-state index is 0.000871. The molecular weight excluding hydrogens is 284 g/mol. The summed E-state index contributed by atoms with van der Waals surface area (Å²) in [6.45, 7) is 9.05. The Labute approximate surface area is 137 Å². The predicted molar refractivity (Wildman–Crippen MR) is 95.7 cm³/mol. The van der Waals surface area contributed by atoms with Gasteiger partial charge in [-0.25, -0.2) is 4.99 Å². The van der Waals surface area contributed by atoms with E-state index in [0.717, 1.165) is 28.1 Å². The van der Waals surface area contributed by atoms with Crippen LogP contribution in [0.3, 0.4) is 0 Å². The maximum Gasteiger partial charge on any atom is 0.277 e. The fourth-order valence-electron chi connectivity index (χ4n) is 3.06. The van der Waals surface area contributed by atoms with E-state index >= 15 is 0 Å². The van der Waals surface area contributed by atoms with Crippen LogP contribution in [-0.4, -0.2) is 18.2 Å². The highest BCUT2D eigenvalue weighted by molar-refractivity contribution is 6.54. The summed E-state index contributed by atoms with van der Waals surface area (Å²) in [4.78, 5) is 19.4. The van der Waals surface area contributed by atoms with Crippen molar-refractivity contribution in [1.29, 1.82) is 0 Å². The normalized spacial score (nSPS) is 15.6. The Morgan fingerprint density at radius 2 is 1.70 bits per heavy atom. The summed E-state index contributed by atoms with van der Waals surface area (Å²) in [5, 5.41) is 0. The SMILES string of the molecule is Cc1cc(C)cc(N=C2C(=O)N(CC(C)C)c3ccccc32)c1. The Morgan fingerprint density at radius 3 is 2.35 bits per heavy atom. The summed E-state index contributed by atoms with van der Waals surface area (Å²) in [7, 11) is 0. The fourth-order valence-corrected chi connectivity index (χ4v) is 3.06. The predicted octanol–water partition coefficient (Wildman–Crippen LogP) is 4.43. The molecule has 118 valence electrons. The third-order valence-corrected chi connectivity index (χ3v) is 3.89. The molecule has 2 aromatic carbocycles. The second-order valence-electron chi connectivity index (χ2n) is 6.63. The van der Waals surface area contributed by atoms with Crippen molar-refractivity contribution in [3.05, 3.63) is 59.2 Å². The van der Waals surface area contributed by atoms with Gasteiger partial charge >= 0.3 is 0 Å². The van der Waals surface area contributed by atoms with Gasteiger partial charge < -0.3 is 4.90 Å². The molecule has 0 aromatic heterocycles. The van der Waals surface area contributed by atoms with E-state index in [1.165, 1.54) is 0 Å². The molecule has 0 spiro atoms. The van der Waals surface area contributed by atoms with E-state index in [-0.39, 0.29) is 5.91 Å². The van der Waals surface area contributed by atoms with Crippen molar-refractivity contribution in [2.75, 3.05) is 11.4 Å². The number of para-hydroxylation sites is 1. The molecule has 0 N–H and O–H groups in total. The zero-order valence-corrected chi connectivity index (χ0v) is 14.1. The Morgan fingerprint density at radius 1 is 1.04 bits per heavy atom. The number of hydrogen-bond acceptors (Lipinski definition) is 2. The van der Waals surface area contributed by atoms with Gasteiger partial charge in [-0.05, 0) is 49.1 Å². The number of carbonyl (C=O) groups is 1. The zero-order chi connectivity index (χ0) is 16.6. The van der Waals surface area contributed by atoms with Crippen LogP contribution in [0.4, 0.5) is 11.4 Å². The first-order chi connectivity index (χ1) is 11.0. The number of aryl methyl sites for hydroxylation is 2. The monoisotopic (exact) mass is 306 g/mol. The Hall–Kier alpha value is -2.42. The van der Waals surface area contributed by atoms with Crippen LogP contribution in [0.5, 0.6) is 0 Å². The van der Waals surface area contributed by atoms with Crippen molar-refractivity contribution >= 4 is 23.0 Å².